The third-order valence-corrected chi connectivity index (χ3v) is 3.88. The van der Waals surface area contributed by atoms with Gasteiger partial charge in [0.2, 0.25) is 0 Å². The van der Waals surface area contributed by atoms with Crippen molar-refractivity contribution in [2.24, 2.45) is 0 Å². The fourth-order valence-electron chi connectivity index (χ4n) is 2.45. The average molecular weight is 419 g/mol. The van der Waals surface area contributed by atoms with Gasteiger partial charge in [-0.2, -0.15) is 13.2 Å². The van der Waals surface area contributed by atoms with E-state index in [9.17, 15) is 32.9 Å². The lowest BCUT2D eigenvalue weighted by Crippen LogP contribution is -2.23. The Bertz CT molecular complexity index is 1160. The summed E-state index contributed by atoms with van der Waals surface area (Å²) in [5.41, 5.74) is -2.88. The van der Waals surface area contributed by atoms with Crippen LogP contribution in [0.1, 0.15) is 15.9 Å². The molecular weight excluding hydrogens is 407 g/mol. The van der Waals surface area contributed by atoms with Crippen molar-refractivity contribution in [2.75, 3.05) is 5.32 Å². The van der Waals surface area contributed by atoms with Crippen LogP contribution in [0.25, 0.3) is 0 Å². The van der Waals surface area contributed by atoms with Crippen molar-refractivity contribution < 1.29 is 27.6 Å². The molecule has 30 heavy (non-hydrogen) atoms. The molecule has 3 aromatic rings. The normalized spacial score (nSPS) is 11.0. The first kappa shape index (κ1) is 20.6. The summed E-state index contributed by atoms with van der Waals surface area (Å²) in [4.78, 5) is 36.5. The van der Waals surface area contributed by atoms with Gasteiger partial charge in [0.05, 0.1) is 16.7 Å². The molecule has 0 aliphatic heterocycles. The van der Waals surface area contributed by atoms with Crippen molar-refractivity contribution in [1.82, 2.24) is 4.98 Å². The largest absolute Gasteiger partial charge is 0.457 e. The first-order valence-electron chi connectivity index (χ1n) is 8.27. The number of nitrogens with zero attached hydrogens (tertiary/aromatic N) is 1. The molecule has 0 fully saturated rings. The molecule has 0 aliphatic rings. The van der Waals surface area contributed by atoms with E-state index in [1.165, 1.54) is 36.4 Å². The maximum absolute atomic E-state index is 12.8. The molecule has 0 bridgehead atoms. The molecule has 0 aliphatic carbocycles. The van der Waals surface area contributed by atoms with Gasteiger partial charge in [0.1, 0.15) is 17.1 Å². The number of H-pyrrole nitrogens is 1. The van der Waals surface area contributed by atoms with E-state index in [0.29, 0.717) is 0 Å². The summed E-state index contributed by atoms with van der Waals surface area (Å²) in [5.74, 6) is -0.684. The molecule has 2 aromatic carbocycles. The molecule has 0 radical (unpaired) electrons. The SMILES string of the molecule is O=C(Nc1ccc(Oc2cccc(C(F)(F)F)c2)cc1)c1c[nH]cc([N+](=O)[O-])c1=O. The van der Waals surface area contributed by atoms with E-state index in [1.807, 2.05) is 0 Å². The molecule has 154 valence electrons. The van der Waals surface area contributed by atoms with Crippen molar-refractivity contribution in [3.63, 3.8) is 0 Å². The summed E-state index contributed by atoms with van der Waals surface area (Å²) in [6.07, 6.45) is -2.59. The van der Waals surface area contributed by atoms with Gasteiger partial charge in [0, 0.05) is 11.9 Å². The average Bonchev–Trinajstić information content (AvgIpc) is 2.69. The second kappa shape index (κ2) is 8.07. The van der Waals surface area contributed by atoms with Crippen LogP contribution in [-0.4, -0.2) is 15.8 Å². The molecule has 11 heteroatoms. The predicted octanol–water partition coefficient (Wildman–Crippen LogP) is 4.35. The number of aromatic nitrogens is 1. The number of anilines is 1. The Hall–Kier alpha value is -4.15. The molecule has 0 atom stereocenters. The van der Waals surface area contributed by atoms with Crippen molar-refractivity contribution >= 4 is 17.3 Å². The highest BCUT2D eigenvalue weighted by Crippen LogP contribution is 2.32. The zero-order chi connectivity index (χ0) is 21.9. The Morgan fingerprint density at radius 3 is 2.40 bits per heavy atom. The van der Waals surface area contributed by atoms with Crippen LogP contribution in [0.4, 0.5) is 24.5 Å². The predicted molar refractivity (Wildman–Crippen MR) is 99.6 cm³/mol. The second-order valence-corrected chi connectivity index (χ2v) is 5.95. The van der Waals surface area contributed by atoms with Crippen molar-refractivity contribution in [1.29, 1.82) is 0 Å². The monoisotopic (exact) mass is 419 g/mol. The quantitative estimate of drug-likeness (QED) is 0.472. The molecule has 1 aromatic heterocycles. The van der Waals surface area contributed by atoms with E-state index in [2.05, 4.69) is 10.3 Å². The second-order valence-electron chi connectivity index (χ2n) is 5.95. The number of benzene rings is 2. The van der Waals surface area contributed by atoms with E-state index >= 15 is 0 Å². The number of carbonyl (C=O) groups is 1. The lowest BCUT2D eigenvalue weighted by atomic mass is 10.2. The number of carbonyl (C=O) groups excluding carboxylic acids is 1. The highest BCUT2D eigenvalue weighted by Gasteiger charge is 2.30. The molecule has 2 N–H and O–H groups in total. The lowest BCUT2D eigenvalue weighted by Gasteiger charge is -2.10. The minimum absolute atomic E-state index is 0.0234. The van der Waals surface area contributed by atoms with Gasteiger partial charge in [-0.05, 0) is 42.5 Å². The van der Waals surface area contributed by atoms with Crippen molar-refractivity contribution in [3.05, 3.63) is 92.4 Å². The molecule has 0 saturated heterocycles. The van der Waals surface area contributed by atoms with Crippen molar-refractivity contribution in [2.45, 2.75) is 6.18 Å². The first-order valence-corrected chi connectivity index (χ1v) is 8.27. The Balaban J connectivity index is 1.73. The lowest BCUT2D eigenvalue weighted by molar-refractivity contribution is -0.386. The van der Waals surface area contributed by atoms with Crippen LogP contribution < -0.4 is 15.5 Å². The van der Waals surface area contributed by atoms with Gasteiger partial charge in [-0.25, -0.2) is 0 Å². The summed E-state index contributed by atoms with van der Waals surface area (Å²) < 4.78 is 43.7. The van der Waals surface area contributed by atoms with E-state index in [4.69, 9.17) is 4.74 Å². The van der Waals surface area contributed by atoms with E-state index in [0.717, 1.165) is 24.5 Å². The van der Waals surface area contributed by atoms with Crippen LogP contribution >= 0.6 is 0 Å². The van der Waals surface area contributed by atoms with Crippen LogP contribution in [0.5, 0.6) is 11.5 Å². The summed E-state index contributed by atoms with van der Waals surface area (Å²) >= 11 is 0. The maximum Gasteiger partial charge on any atom is 0.416 e. The minimum atomic E-state index is -4.50. The van der Waals surface area contributed by atoms with Gasteiger partial charge in [-0.15, -0.1) is 0 Å². The Kier molecular flexibility index (Phi) is 5.54. The number of rotatable bonds is 5. The number of alkyl halides is 3. The number of hydrogen-bond acceptors (Lipinski definition) is 5. The van der Waals surface area contributed by atoms with Gasteiger partial charge < -0.3 is 15.0 Å². The number of amides is 1. The zero-order valence-electron chi connectivity index (χ0n) is 14.9. The molecule has 1 amide bonds. The molecule has 1 heterocycles. The number of aromatic amines is 1. The van der Waals surface area contributed by atoms with Gasteiger partial charge in [0.25, 0.3) is 11.3 Å². The molecule has 0 unspecified atom stereocenters. The highest BCUT2D eigenvalue weighted by molar-refractivity contribution is 6.04. The third kappa shape index (κ3) is 4.63. The summed E-state index contributed by atoms with van der Waals surface area (Å²) in [7, 11) is 0. The summed E-state index contributed by atoms with van der Waals surface area (Å²) in [6.45, 7) is 0. The number of nitro groups is 1. The Morgan fingerprint density at radius 2 is 1.77 bits per heavy atom. The topological polar surface area (TPSA) is 114 Å². The standard InChI is InChI=1S/C19H12F3N3O5/c20-19(21,22)11-2-1-3-14(8-11)30-13-6-4-12(5-7-13)24-18(27)15-9-23-10-16(17(15)26)25(28)29/h1-10H,(H,23,26)(H,24,27). The van der Waals surface area contributed by atoms with Gasteiger partial charge >= 0.3 is 11.9 Å². The minimum Gasteiger partial charge on any atom is -0.457 e. The number of ether oxygens (including phenoxy) is 1. The molecule has 0 spiro atoms. The summed E-state index contributed by atoms with van der Waals surface area (Å²) in [6, 6.07) is 9.92. The number of halogens is 3. The van der Waals surface area contributed by atoms with Gasteiger partial charge in [-0.3, -0.25) is 19.7 Å². The fraction of sp³-hybridized carbons (Fsp3) is 0.0526. The molecule has 0 saturated carbocycles. The fourth-order valence-corrected chi connectivity index (χ4v) is 2.45. The number of hydrogen-bond donors (Lipinski definition) is 2. The van der Waals surface area contributed by atoms with Crippen LogP contribution in [0.3, 0.4) is 0 Å². The number of pyridine rings is 1. The van der Waals surface area contributed by atoms with Gasteiger partial charge in [0.15, 0.2) is 0 Å². The molecule has 8 nitrogen and oxygen atoms in total. The van der Waals surface area contributed by atoms with Gasteiger partial charge in [-0.1, -0.05) is 6.07 Å². The maximum atomic E-state index is 12.8. The Labute approximate surface area is 166 Å². The Morgan fingerprint density at radius 1 is 1.07 bits per heavy atom. The molecule has 3 rings (SSSR count). The highest BCUT2D eigenvalue weighted by atomic mass is 19.4. The third-order valence-electron chi connectivity index (χ3n) is 3.88. The first-order chi connectivity index (χ1) is 14.1. The summed E-state index contributed by atoms with van der Waals surface area (Å²) in [5, 5.41) is 13.2. The number of nitrogens with one attached hydrogen (secondary N) is 2. The van der Waals surface area contributed by atoms with E-state index in [-0.39, 0.29) is 17.2 Å². The van der Waals surface area contributed by atoms with Crippen LogP contribution in [0, 0.1) is 10.1 Å². The smallest absolute Gasteiger partial charge is 0.416 e. The van der Waals surface area contributed by atoms with Crippen molar-refractivity contribution in [3.8, 4) is 11.5 Å². The molecular formula is C19H12F3N3O5. The van der Waals surface area contributed by atoms with Crippen LogP contribution in [-0.2, 0) is 6.18 Å². The van der Waals surface area contributed by atoms with Crippen LogP contribution in [0.15, 0.2) is 65.7 Å². The van der Waals surface area contributed by atoms with E-state index < -0.39 is 39.2 Å². The van der Waals surface area contributed by atoms with E-state index in [1.54, 1.807) is 0 Å². The van der Waals surface area contributed by atoms with Crippen LogP contribution in [0.2, 0.25) is 0 Å². The zero-order valence-corrected chi connectivity index (χ0v) is 14.9.